The fourth-order valence-corrected chi connectivity index (χ4v) is 4.26. The molecule has 0 spiro atoms. The second kappa shape index (κ2) is 12.0. The van der Waals surface area contributed by atoms with Gasteiger partial charge in [0.25, 0.3) is 5.91 Å². The first-order valence-electron chi connectivity index (χ1n) is 12.3. The van der Waals surface area contributed by atoms with Crippen molar-refractivity contribution >= 4 is 29.1 Å². The SMILES string of the molecule is CCc1ccccc1NC(=O)COc1ccc(N2C[C@@H](C(=O)NCCc3ccccc3)CC2=O)cc1. The molecule has 2 N–H and O–H groups in total. The van der Waals surface area contributed by atoms with Crippen molar-refractivity contribution in [2.24, 2.45) is 5.92 Å². The molecule has 3 aromatic carbocycles. The molecule has 3 aromatic rings. The Balaban J connectivity index is 1.25. The summed E-state index contributed by atoms with van der Waals surface area (Å²) in [6, 6.07) is 24.6. The van der Waals surface area contributed by atoms with Gasteiger partial charge in [0.2, 0.25) is 11.8 Å². The number of aryl methyl sites for hydroxylation is 1. The van der Waals surface area contributed by atoms with Gasteiger partial charge in [-0.2, -0.15) is 0 Å². The average Bonchev–Trinajstić information content (AvgIpc) is 3.30. The molecule has 186 valence electrons. The molecule has 0 bridgehead atoms. The third-order valence-corrected chi connectivity index (χ3v) is 6.24. The lowest BCUT2D eigenvalue weighted by Gasteiger charge is -2.17. The van der Waals surface area contributed by atoms with Crippen molar-refractivity contribution in [1.29, 1.82) is 0 Å². The summed E-state index contributed by atoms with van der Waals surface area (Å²) in [5.74, 6) is -0.271. The number of anilines is 2. The molecule has 3 amide bonds. The molecular formula is C29H31N3O4. The molecule has 1 fully saturated rings. The third-order valence-electron chi connectivity index (χ3n) is 6.24. The summed E-state index contributed by atoms with van der Waals surface area (Å²) < 4.78 is 5.62. The molecule has 0 aliphatic carbocycles. The minimum atomic E-state index is -0.376. The molecule has 0 saturated carbocycles. The zero-order valence-corrected chi connectivity index (χ0v) is 20.4. The molecular weight excluding hydrogens is 454 g/mol. The van der Waals surface area contributed by atoms with Crippen LogP contribution < -0.4 is 20.3 Å². The summed E-state index contributed by atoms with van der Waals surface area (Å²) >= 11 is 0. The average molecular weight is 486 g/mol. The minimum absolute atomic E-state index is 0.0826. The molecule has 1 heterocycles. The van der Waals surface area contributed by atoms with Crippen LogP contribution in [-0.2, 0) is 27.2 Å². The van der Waals surface area contributed by atoms with E-state index in [0.717, 1.165) is 29.7 Å². The van der Waals surface area contributed by atoms with Gasteiger partial charge >= 0.3 is 0 Å². The van der Waals surface area contributed by atoms with Crippen molar-refractivity contribution in [3.05, 3.63) is 90.0 Å². The van der Waals surface area contributed by atoms with Gasteiger partial charge in [0.05, 0.1) is 5.92 Å². The normalized spacial score (nSPS) is 15.0. The Bertz CT molecular complexity index is 1190. The number of amides is 3. The van der Waals surface area contributed by atoms with Gasteiger partial charge in [0.15, 0.2) is 6.61 Å². The largest absolute Gasteiger partial charge is 0.484 e. The second-order valence-corrected chi connectivity index (χ2v) is 8.77. The van der Waals surface area contributed by atoms with E-state index in [1.54, 1.807) is 29.2 Å². The van der Waals surface area contributed by atoms with Gasteiger partial charge in [-0.1, -0.05) is 55.5 Å². The predicted octanol–water partition coefficient (Wildman–Crippen LogP) is 3.98. The van der Waals surface area contributed by atoms with Crippen LogP contribution in [0.25, 0.3) is 0 Å². The van der Waals surface area contributed by atoms with Crippen LogP contribution in [0.15, 0.2) is 78.9 Å². The number of para-hydroxylation sites is 1. The lowest BCUT2D eigenvalue weighted by atomic mass is 10.1. The van der Waals surface area contributed by atoms with Crippen LogP contribution in [-0.4, -0.2) is 37.4 Å². The summed E-state index contributed by atoms with van der Waals surface area (Å²) in [4.78, 5) is 39.1. The van der Waals surface area contributed by atoms with Crippen LogP contribution in [0, 0.1) is 5.92 Å². The van der Waals surface area contributed by atoms with E-state index in [0.29, 0.717) is 24.5 Å². The number of rotatable bonds is 10. The number of carbonyl (C=O) groups excluding carboxylic acids is 3. The van der Waals surface area contributed by atoms with Crippen molar-refractivity contribution in [2.75, 3.05) is 29.9 Å². The first kappa shape index (κ1) is 25.0. The first-order chi connectivity index (χ1) is 17.5. The van der Waals surface area contributed by atoms with E-state index in [-0.39, 0.29) is 36.7 Å². The second-order valence-electron chi connectivity index (χ2n) is 8.77. The van der Waals surface area contributed by atoms with Gasteiger partial charge in [-0.3, -0.25) is 14.4 Å². The van der Waals surface area contributed by atoms with E-state index in [1.165, 1.54) is 0 Å². The third kappa shape index (κ3) is 6.50. The maximum atomic E-state index is 12.6. The van der Waals surface area contributed by atoms with Crippen LogP contribution in [0.2, 0.25) is 0 Å². The summed E-state index contributed by atoms with van der Waals surface area (Å²) in [5.41, 5.74) is 3.71. The summed E-state index contributed by atoms with van der Waals surface area (Å²) in [7, 11) is 0. The highest BCUT2D eigenvalue weighted by Crippen LogP contribution is 2.27. The Labute approximate surface area is 211 Å². The number of hydrogen-bond acceptors (Lipinski definition) is 4. The molecule has 0 radical (unpaired) electrons. The molecule has 7 heteroatoms. The fourth-order valence-electron chi connectivity index (χ4n) is 4.26. The summed E-state index contributed by atoms with van der Waals surface area (Å²) in [5, 5.41) is 5.83. The maximum absolute atomic E-state index is 12.6. The van der Waals surface area contributed by atoms with E-state index in [2.05, 4.69) is 10.6 Å². The van der Waals surface area contributed by atoms with Gasteiger partial charge < -0.3 is 20.3 Å². The van der Waals surface area contributed by atoms with Crippen molar-refractivity contribution in [1.82, 2.24) is 5.32 Å². The van der Waals surface area contributed by atoms with Gasteiger partial charge in [0.1, 0.15) is 5.75 Å². The highest BCUT2D eigenvalue weighted by atomic mass is 16.5. The highest BCUT2D eigenvalue weighted by Gasteiger charge is 2.34. The molecule has 0 aromatic heterocycles. The molecule has 7 nitrogen and oxygen atoms in total. The summed E-state index contributed by atoms with van der Waals surface area (Å²) in [6.45, 7) is 2.80. The first-order valence-corrected chi connectivity index (χ1v) is 12.3. The Morgan fingerprint density at radius 1 is 0.972 bits per heavy atom. The Morgan fingerprint density at radius 3 is 2.44 bits per heavy atom. The van der Waals surface area contributed by atoms with Crippen molar-refractivity contribution in [3.8, 4) is 5.75 Å². The maximum Gasteiger partial charge on any atom is 0.262 e. The van der Waals surface area contributed by atoms with Crippen LogP contribution >= 0.6 is 0 Å². The molecule has 36 heavy (non-hydrogen) atoms. The lowest BCUT2D eigenvalue weighted by molar-refractivity contribution is -0.126. The predicted molar refractivity (Wildman–Crippen MR) is 140 cm³/mol. The van der Waals surface area contributed by atoms with Crippen molar-refractivity contribution in [3.63, 3.8) is 0 Å². The molecule has 1 saturated heterocycles. The number of nitrogens with zero attached hydrogens (tertiary/aromatic N) is 1. The molecule has 1 aliphatic rings. The van der Waals surface area contributed by atoms with E-state index >= 15 is 0 Å². The Morgan fingerprint density at radius 2 is 1.69 bits per heavy atom. The van der Waals surface area contributed by atoms with Gasteiger partial charge in [-0.25, -0.2) is 0 Å². The smallest absolute Gasteiger partial charge is 0.262 e. The van der Waals surface area contributed by atoms with Crippen LogP contribution in [0.5, 0.6) is 5.75 Å². The number of hydrogen-bond donors (Lipinski definition) is 2. The molecule has 0 unspecified atom stereocenters. The number of carbonyl (C=O) groups is 3. The molecule has 1 aliphatic heterocycles. The zero-order valence-electron chi connectivity index (χ0n) is 20.4. The number of ether oxygens (including phenoxy) is 1. The van der Waals surface area contributed by atoms with E-state index in [1.807, 2.05) is 61.5 Å². The minimum Gasteiger partial charge on any atom is -0.484 e. The quantitative estimate of drug-likeness (QED) is 0.455. The number of benzene rings is 3. The van der Waals surface area contributed by atoms with Crippen molar-refractivity contribution < 1.29 is 19.1 Å². The molecule has 4 rings (SSSR count). The topological polar surface area (TPSA) is 87.7 Å². The van der Waals surface area contributed by atoms with Crippen LogP contribution in [0.1, 0.15) is 24.5 Å². The lowest BCUT2D eigenvalue weighted by Crippen LogP contribution is -2.34. The van der Waals surface area contributed by atoms with E-state index in [9.17, 15) is 14.4 Å². The van der Waals surface area contributed by atoms with Gasteiger partial charge in [0, 0.05) is 30.9 Å². The standard InChI is InChI=1S/C29H31N3O4/c1-2-22-10-6-7-11-26(22)31-27(33)20-36-25-14-12-24(13-15-25)32-19-23(18-28(32)34)29(35)30-17-16-21-8-4-3-5-9-21/h3-15,23H,2,16-20H2,1H3,(H,30,35)(H,31,33)/t23-/m0/s1. The summed E-state index contributed by atoms with van der Waals surface area (Å²) in [6.07, 6.45) is 1.76. The van der Waals surface area contributed by atoms with Crippen molar-refractivity contribution in [2.45, 2.75) is 26.2 Å². The number of nitrogens with one attached hydrogen (secondary N) is 2. The van der Waals surface area contributed by atoms with Crippen LogP contribution in [0.3, 0.4) is 0 Å². The zero-order chi connectivity index (χ0) is 25.3. The van der Waals surface area contributed by atoms with Gasteiger partial charge in [-0.15, -0.1) is 0 Å². The van der Waals surface area contributed by atoms with E-state index < -0.39 is 0 Å². The molecule has 1 atom stereocenters. The Kier molecular flexibility index (Phi) is 8.34. The highest BCUT2D eigenvalue weighted by molar-refractivity contribution is 6.00. The van der Waals surface area contributed by atoms with E-state index in [4.69, 9.17) is 4.74 Å². The fraction of sp³-hybridized carbons (Fsp3) is 0.276. The van der Waals surface area contributed by atoms with Crippen LogP contribution in [0.4, 0.5) is 11.4 Å². The van der Waals surface area contributed by atoms with Gasteiger partial charge in [-0.05, 0) is 54.3 Å². The monoisotopic (exact) mass is 485 g/mol. The Hall–Kier alpha value is -4.13.